The molecular formula is C15H22N4S. The minimum absolute atomic E-state index is 0.261. The lowest BCUT2D eigenvalue weighted by atomic mass is 9.81. The van der Waals surface area contributed by atoms with Crippen molar-refractivity contribution in [3.8, 4) is 0 Å². The Balaban J connectivity index is 1.81. The molecule has 2 unspecified atom stereocenters. The molecule has 2 aromatic rings. The normalized spacial score (nSPS) is 19.8. The summed E-state index contributed by atoms with van der Waals surface area (Å²) in [6, 6.07) is 2.54. The van der Waals surface area contributed by atoms with Gasteiger partial charge in [-0.25, -0.2) is 4.98 Å². The summed E-state index contributed by atoms with van der Waals surface area (Å²) in [5.74, 6) is 7.49. The first-order valence-electron chi connectivity index (χ1n) is 7.36. The van der Waals surface area contributed by atoms with E-state index in [1.165, 1.54) is 24.8 Å². The lowest BCUT2D eigenvalue weighted by Crippen LogP contribution is -2.42. The lowest BCUT2D eigenvalue weighted by molar-refractivity contribution is 0.388. The number of fused-ring (bicyclic) bond motifs is 1. The standard InChI is InChI=1S/C15H22N4S/c1-2-19-8-7-17-15(19)10-13(18-16)11-4-3-5-14-12(11)6-9-20-14/h6-9,11,13,18H,2-5,10,16H2,1H3. The smallest absolute Gasteiger partial charge is 0.110 e. The number of hydrogen-bond acceptors (Lipinski definition) is 4. The Morgan fingerprint density at radius 1 is 1.60 bits per heavy atom. The van der Waals surface area contributed by atoms with E-state index < -0.39 is 0 Å². The molecule has 0 fully saturated rings. The van der Waals surface area contributed by atoms with Crippen molar-refractivity contribution in [2.75, 3.05) is 0 Å². The SMILES string of the molecule is CCn1ccnc1CC(NN)C1CCCc2sccc21. The second-order valence-electron chi connectivity index (χ2n) is 5.40. The molecule has 4 nitrogen and oxygen atoms in total. The Bertz CT molecular complexity index is 560. The molecule has 5 heteroatoms. The van der Waals surface area contributed by atoms with Gasteiger partial charge in [0.1, 0.15) is 5.82 Å². The number of nitrogens with two attached hydrogens (primary N) is 1. The maximum Gasteiger partial charge on any atom is 0.110 e. The first kappa shape index (κ1) is 13.8. The van der Waals surface area contributed by atoms with E-state index in [1.54, 1.807) is 4.88 Å². The van der Waals surface area contributed by atoms with E-state index in [0.717, 1.165) is 18.8 Å². The van der Waals surface area contributed by atoms with Gasteiger partial charge >= 0.3 is 0 Å². The highest BCUT2D eigenvalue weighted by atomic mass is 32.1. The molecule has 0 amide bonds. The van der Waals surface area contributed by atoms with Crippen molar-refractivity contribution in [3.63, 3.8) is 0 Å². The van der Waals surface area contributed by atoms with Crippen LogP contribution in [0.5, 0.6) is 0 Å². The summed E-state index contributed by atoms with van der Waals surface area (Å²) in [5.41, 5.74) is 4.54. The molecule has 2 heterocycles. The molecule has 2 atom stereocenters. The van der Waals surface area contributed by atoms with Gasteiger partial charge in [-0.3, -0.25) is 11.3 Å². The molecule has 2 aromatic heterocycles. The number of nitrogens with one attached hydrogen (secondary N) is 1. The zero-order valence-corrected chi connectivity index (χ0v) is 12.7. The van der Waals surface area contributed by atoms with Crippen LogP contribution in [0.3, 0.4) is 0 Å². The predicted molar refractivity (Wildman–Crippen MR) is 82.7 cm³/mol. The average Bonchev–Trinajstić information content (AvgIpc) is 3.12. The summed E-state index contributed by atoms with van der Waals surface area (Å²) in [4.78, 5) is 6.03. The quantitative estimate of drug-likeness (QED) is 0.657. The molecule has 0 radical (unpaired) electrons. The summed E-state index contributed by atoms with van der Waals surface area (Å²) in [5, 5.41) is 2.21. The summed E-state index contributed by atoms with van der Waals surface area (Å²) in [6.07, 6.45) is 8.51. The van der Waals surface area contributed by atoms with E-state index in [9.17, 15) is 0 Å². The zero-order valence-electron chi connectivity index (χ0n) is 11.9. The van der Waals surface area contributed by atoms with Crippen molar-refractivity contribution in [2.45, 2.75) is 51.1 Å². The number of hydrogen-bond donors (Lipinski definition) is 2. The van der Waals surface area contributed by atoms with Crippen LogP contribution in [0, 0.1) is 0 Å². The molecular weight excluding hydrogens is 268 g/mol. The highest BCUT2D eigenvalue weighted by Crippen LogP contribution is 2.37. The Hall–Kier alpha value is -1.17. The summed E-state index contributed by atoms with van der Waals surface area (Å²) in [7, 11) is 0. The second-order valence-corrected chi connectivity index (χ2v) is 6.41. The molecule has 108 valence electrons. The molecule has 0 saturated carbocycles. The molecule has 0 saturated heterocycles. The van der Waals surface area contributed by atoms with E-state index in [4.69, 9.17) is 5.84 Å². The summed E-state index contributed by atoms with van der Waals surface area (Å²) >= 11 is 1.88. The van der Waals surface area contributed by atoms with Gasteiger partial charge in [-0.2, -0.15) is 0 Å². The van der Waals surface area contributed by atoms with Gasteiger partial charge in [0.25, 0.3) is 0 Å². The second kappa shape index (κ2) is 6.08. The van der Waals surface area contributed by atoms with Crippen LogP contribution >= 0.6 is 11.3 Å². The molecule has 0 aromatic carbocycles. The number of nitrogens with zero attached hydrogens (tertiary/aromatic N) is 2. The first-order chi connectivity index (χ1) is 9.83. The fourth-order valence-electron chi connectivity index (χ4n) is 3.27. The van der Waals surface area contributed by atoms with E-state index in [1.807, 2.05) is 23.7 Å². The average molecular weight is 290 g/mol. The highest BCUT2D eigenvalue weighted by Gasteiger charge is 2.29. The maximum atomic E-state index is 5.85. The lowest BCUT2D eigenvalue weighted by Gasteiger charge is -2.30. The third kappa shape index (κ3) is 2.53. The minimum atomic E-state index is 0.261. The Morgan fingerprint density at radius 2 is 2.50 bits per heavy atom. The third-order valence-electron chi connectivity index (χ3n) is 4.34. The fraction of sp³-hybridized carbons (Fsp3) is 0.533. The van der Waals surface area contributed by atoms with Crippen LogP contribution in [0.2, 0.25) is 0 Å². The van der Waals surface area contributed by atoms with Gasteiger partial charge < -0.3 is 4.57 Å². The molecule has 1 aliphatic carbocycles. The molecule has 0 bridgehead atoms. The van der Waals surface area contributed by atoms with Gasteiger partial charge in [-0.05, 0) is 43.2 Å². The van der Waals surface area contributed by atoms with Crippen LogP contribution in [0.25, 0.3) is 0 Å². The molecule has 0 aliphatic heterocycles. The number of imidazole rings is 1. The van der Waals surface area contributed by atoms with Crippen LogP contribution in [0.15, 0.2) is 23.8 Å². The fourth-order valence-corrected chi connectivity index (χ4v) is 4.27. The molecule has 0 spiro atoms. The summed E-state index contributed by atoms with van der Waals surface area (Å²) < 4.78 is 2.20. The van der Waals surface area contributed by atoms with Crippen LogP contribution in [-0.4, -0.2) is 15.6 Å². The highest BCUT2D eigenvalue weighted by molar-refractivity contribution is 7.10. The van der Waals surface area contributed by atoms with E-state index in [0.29, 0.717) is 5.92 Å². The minimum Gasteiger partial charge on any atom is -0.335 e. The van der Waals surface area contributed by atoms with Crippen molar-refractivity contribution in [2.24, 2.45) is 5.84 Å². The van der Waals surface area contributed by atoms with E-state index in [-0.39, 0.29) is 6.04 Å². The van der Waals surface area contributed by atoms with Crippen molar-refractivity contribution >= 4 is 11.3 Å². The number of aryl methyl sites for hydroxylation is 2. The molecule has 3 N–H and O–H groups in total. The predicted octanol–water partition coefficient (Wildman–Crippen LogP) is 2.46. The van der Waals surface area contributed by atoms with E-state index in [2.05, 4.69) is 33.3 Å². The largest absolute Gasteiger partial charge is 0.335 e. The van der Waals surface area contributed by atoms with Crippen molar-refractivity contribution in [1.82, 2.24) is 15.0 Å². The van der Waals surface area contributed by atoms with Gasteiger partial charge in [-0.15, -0.1) is 11.3 Å². The van der Waals surface area contributed by atoms with Crippen LogP contribution in [0.1, 0.15) is 41.9 Å². The van der Waals surface area contributed by atoms with Gasteiger partial charge in [0.2, 0.25) is 0 Å². The Kier molecular flexibility index (Phi) is 4.19. The molecule has 1 aliphatic rings. The van der Waals surface area contributed by atoms with Gasteiger partial charge in [0.05, 0.1) is 0 Å². The maximum absolute atomic E-state index is 5.85. The van der Waals surface area contributed by atoms with Crippen molar-refractivity contribution in [1.29, 1.82) is 0 Å². The molecule has 3 rings (SSSR count). The van der Waals surface area contributed by atoms with Gasteiger partial charge in [0, 0.05) is 42.2 Å². The Labute approximate surface area is 124 Å². The van der Waals surface area contributed by atoms with Gasteiger partial charge in [0.15, 0.2) is 0 Å². The number of thiophene rings is 1. The Morgan fingerprint density at radius 3 is 3.30 bits per heavy atom. The zero-order chi connectivity index (χ0) is 13.9. The monoisotopic (exact) mass is 290 g/mol. The first-order valence-corrected chi connectivity index (χ1v) is 8.23. The van der Waals surface area contributed by atoms with Crippen LogP contribution < -0.4 is 11.3 Å². The van der Waals surface area contributed by atoms with Crippen molar-refractivity contribution < 1.29 is 0 Å². The molecule has 20 heavy (non-hydrogen) atoms. The van der Waals surface area contributed by atoms with Crippen LogP contribution in [-0.2, 0) is 19.4 Å². The topological polar surface area (TPSA) is 55.9 Å². The summed E-state index contributed by atoms with van der Waals surface area (Å²) in [6.45, 7) is 3.11. The number of rotatable bonds is 5. The number of aromatic nitrogens is 2. The van der Waals surface area contributed by atoms with Crippen molar-refractivity contribution in [3.05, 3.63) is 40.1 Å². The number of hydrazine groups is 1. The third-order valence-corrected chi connectivity index (χ3v) is 5.34. The van der Waals surface area contributed by atoms with E-state index >= 15 is 0 Å². The van der Waals surface area contributed by atoms with Crippen LogP contribution in [0.4, 0.5) is 0 Å². The van der Waals surface area contributed by atoms with Gasteiger partial charge in [-0.1, -0.05) is 0 Å².